The molecule has 0 aromatic rings. The molecule has 0 aromatic heterocycles. The number of methoxy groups -OCH3 is 1. The second-order valence-corrected chi connectivity index (χ2v) is 8.08. The molecule has 6 atom stereocenters. The van der Waals surface area contributed by atoms with Crippen LogP contribution in [-0.2, 0) is 42.9 Å². The number of hydrogen-bond donors (Lipinski definition) is 1. The van der Waals surface area contributed by atoms with E-state index in [-0.39, 0.29) is 18.5 Å². The van der Waals surface area contributed by atoms with E-state index in [1.807, 2.05) is 6.92 Å². The first-order valence-corrected chi connectivity index (χ1v) is 10.7. The third-order valence-corrected chi connectivity index (χ3v) is 5.34. The third-order valence-electron chi connectivity index (χ3n) is 4.30. The molecule has 11 heteroatoms. The lowest BCUT2D eigenvalue weighted by Gasteiger charge is -2.44. The third kappa shape index (κ3) is 8.11. The summed E-state index contributed by atoms with van der Waals surface area (Å²) in [6.07, 6.45) is -3.15. The van der Waals surface area contributed by atoms with Gasteiger partial charge in [-0.3, -0.25) is 19.2 Å². The normalized spacial score (nSPS) is 26.9. The number of carbonyl (C=O) groups is 4. The molecule has 1 heterocycles. The number of nitrogens with one attached hydrogen (secondary N) is 1. The minimum atomic E-state index is -1.18. The van der Waals surface area contributed by atoms with E-state index in [1.54, 1.807) is 6.92 Å². The van der Waals surface area contributed by atoms with Crippen molar-refractivity contribution >= 4 is 35.6 Å². The van der Waals surface area contributed by atoms with Crippen molar-refractivity contribution in [1.29, 1.82) is 0 Å². The summed E-state index contributed by atoms with van der Waals surface area (Å²) < 4.78 is 26.9. The monoisotopic (exact) mass is 449 g/mol. The van der Waals surface area contributed by atoms with Crippen molar-refractivity contribution in [1.82, 2.24) is 5.32 Å². The number of amides is 1. The Labute approximate surface area is 180 Å². The SMILES string of the molecule is CCS[C@H]1O[C@H](C)[C@@H](NC(=O)C(CCOC(C)=O)OC(C)=O)[C@H](OC(C)=O)[C@@H]1OC. The molecule has 0 aliphatic carbocycles. The van der Waals surface area contributed by atoms with Gasteiger partial charge in [0.2, 0.25) is 0 Å². The molecule has 0 saturated carbocycles. The molecule has 172 valence electrons. The van der Waals surface area contributed by atoms with Gasteiger partial charge in [0.1, 0.15) is 11.5 Å². The smallest absolute Gasteiger partial charge is 0.303 e. The van der Waals surface area contributed by atoms with Gasteiger partial charge in [0, 0.05) is 34.3 Å². The van der Waals surface area contributed by atoms with Crippen LogP contribution in [0.5, 0.6) is 0 Å². The van der Waals surface area contributed by atoms with Crippen molar-refractivity contribution in [3.05, 3.63) is 0 Å². The first-order chi connectivity index (χ1) is 14.1. The van der Waals surface area contributed by atoms with Crippen molar-refractivity contribution in [2.75, 3.05) is 19.5 Å². The summed E-state index contributed by atoms with van der Waals surface area (Å²) in [7, 11) is 1.48. The van der Waals surface area contributed by atoms with Crippen molar-refractivity contribution in [2.24, 2.45) is 0 Å². The molecule has 1 saturated heterocycles. The molecule has 1 aliphatic rings. The van der Waals surface area contributed by atoms with Gasteiger partial charge in [-0.05, 0) is 12.7 Å². The molecular formula is C19H31NO9S. The average molecular weight is 450 g/mol. The molecule has 0 spiro atoms. The predicted molar refractivity (Wildman–Crippen MR) is 108 cm³/mol. The molecule has 0 radical (unpaired) electrons. The Morgan fingerprint density at radius 2 is 1.73 bits per heavy atom. The van der Waals surface area contributed by atoms with E-state index in [9.17, 15) is 19.2 Å². The fraction of sp³-hybridized carbons (Fsp3) is 0.789. The molecule has 30 heavy (non-hydrogen) atoms. The Morgan fingerprint density at radius 3 is 2.23 bits per heavy atom. The van der Waals surface area contributed by atoms with E-state index < -0.39 is 54.3 Å². The maximum Gasteiger partial charge on any atom is 0.303 e. The summed E-state index contributed by atoms with van der Waals surface area (Å²) in [6, 6.07) is -0.744. The summed E-state index contributed by atoms with van der Waals surface area (Å²) in [5.41, 5.74) is -0.388. The quantitative estimate of drug-likeness (QED) is 0.378. The van der Waals surface area contributed by atoms with Crippen molar-refractivity contribution in [3.63, 3.8) is 0 Å². The van der Waals surface area contributed by atoms with Crippen molar-refractivity contribution in [2.45, 2.75) is 76.9 Å². The molecule has 1 N–H and O–H groups in total. The Bertz CT molecular complexity index is 615. The molecule has 1 aliphatic heterocycles. The lowest BCUT2D eigenvalue weighted by Crippen LogP contribution is -2.64. The molecule has 1 fully saturated rings. The summed E-state index contributed by atoms with van der Waals surface area (Å²) in [6.45, 7) is 7.30. The van der Waals surface area contributed by atoms with Crippen LogP contribution in [0.15, 0.2) is 0 Å². The van der Waals surface area contributed by atoms with Crippen LogP contribution in [0.4, 0.5) is 0 Å². The molecule has 1 unspecified atom stereocenters. The van der Waals surface area contributed by atoms with Gasteiger partial charge in [0.05, 0.1) is 18.8 Å². The van der Waals surface area contributed by atoms with E-state index in [4.69, 9.17) is 23.7 Å². The molecule has 0 bridgehead atoms. The molecule has 1 amide bonds. The van der Waals surface area contributed by atoms with E-state index >= 15 is 0 Å². The summed E-state index contributed by atoms with van der Waals surface area (Å²) in [5, 5.41) is 2.75. The topological polar surface area (TPSA) is 126 Å². The summed E-state index contributed by atoms with van der Waals surface area (Å²) in [4.78, 5) is 46.9. The number of hydrogen-bond acceptors (Lipinski definition) is 10. The van der Waals surface area contributed by atoms with Gasteiger partial charge >= 0.3 is 17.9 Å². The number of thioether (sulfide) groups is 1. The highest BCUT2D eigenvalue weighted by atomic mass is 32.2. The van der Waals surface area contributed by atoms with Crippen LogP contribution in [0.3, 0.4) is 0 Å². The van der Waals surface area contributed by atoms with Crippen LogP contribution in [-0.4, -0.2) is 79.2 Å². The highest BCUT2D eigenvalue weighted by Gasteiger charge is 2.48. The Kier molecular flexibility index (Phi) is 11.1. The Hall–Kier alpha value is -1.85. The first-order valence-electron chi connectivity index (χ1n) is 9.68. The van der Waals surface area contributed by atoms with Crippen LogP contribution < -0.4 is 5.32 Å². The van der Waals surface area contributed by atoms with Gasteiger partial charge in [-0.15, -0.1) is 11.8 Å². The fourth-order valence-corrected chi connectivity index (χ4v) is 4.12. The maximum atomic E-state index is 12.8. The number of rotatable bonds is 10. The number of ether oxygens (including phenoxy) is 5. The summed E-state index contributed by atoms with van der Waals surface area (Å²) in [5.74, 6) is -1.56. The van der Waals surface area contributed by atoms with E-state index in [1.165, 1.54) is 39.6 Å². The maximum absolute atomic E-state index is 12.8. The van der Waals surface area contributed by atoms with Gasteiger partial charge in [0.25, 0.3) is 5.91 Å². The van der Waals surface area contributed by atoms with Crippen LogP contribution in [0, 0.1) is 0 Å². The van der Waals surface area contributed by atoms with Gasteiger partial charge < -0.3 is 29.0 Å². The van der Waals surface area contributed by atoms with Crippen molar-refractivity contribution < 1.29 is 42.9 Å². The minimum absolute atomic E-state index is 0.0206. The van der Waals surface area contributed by atoms with Crippen LogP contribution >= 0.6 is 11.8 Å². The lowest BCUT2D eigenvalue weighted by molar-refractivity contribution is -0.190. The second-order valence-electron chi connectivity index (χ2n) is 6.70. The van der Waals surface area contributed by atoms with Crippen LogP contribution in [0.1, 0.15) is 41.0 Å². The minimum Gasteiger partial charge on any atom is -0.466 e. The first kappa shape index (κ1) is 26.2. The van der Waals surface area contributed by atoms with E-state index in [0.29, 0.717) is 0 Å². The molecular weight excluding hydrogens is 418 g/mol. The standard InChI is InChI=1S/C19H31NO9S/c1-7-30-19-17(25-6)16(29-13(5)23)15(10(2)27-19)20-18(24)14(28-12(4)22)8-9-26-11(3)21/h10,14-17,19H,7-9H2,1-6H3,(H,20,24)/t10-,14?,15-,16+,17+,19-/m1/s1. The van der Waals surface area contributed by atoms with Crippen LogP contribution in [0.2, 0.25) is 0 Å². The zero-order valence-electron chi connectivity index (χ0n) is 18.2. The lowest BCUT2D eigenvalue weighted by atomic mass is 9.97. The summed E-state index contributed by atoms with van der Waals surface area (Å²) >= 11 is 1.50. The number of carbonyl (C=O) groups excluding carboxylic acids is 4. The average Bonchev–Trinajstić information content (AvgIpc) is 2.63. The highest BCUT2D eigenvalue weighted by Crippen LogP contribution is 2.32. The van der Waals surface area contributed by atoms with Crippen molar-refractivity contribution in [3.8, 4) is 0 Å². The zero-order valence-corrected chi connectivity index (χ0v) is 19.0. The fourth-order valence-electron chi connectivity index (χ4n) is 3.09. The predicted octanol–water partition coefficient (Wildman–Crippen LogP) is 0.801. The largest absolute Gasteiger partial charge is 0.466 e. The van der Waals surface area contributed by atoms with Gasteiger partial charge in [-0.25, -0.2) is 0 Å². The molecule has 10 nitrogen and oxygen atoms in total. The molecule has 1 rings (SSSR count). The van der Waals surface area contributed by atoms with Gasteiger partial charge in [0.15, 0.2) is 12.2 Å². The molecule has 0 aromatic carbocycles. The van der Waals surface area contributed by atoms with E-state index in [2.05, 4.69) is 5.32 Å². The second kappa shape index (κ2) is 12.8. The van der Waals surface area contributed by atoms with E-state index in [0.717, 1.165) is 5.75 Å². The zero-order chi connectivity index (χ0) is 22.8. The highest BCUT2D eigenvalue weighted by molar-refractivity contribution is 7.99. The number of esters is 3. The Balaban J connectivity index is 3.01. The van der Waals surface area contributed by atoms with Crippen LogP contribution in [0.25, 0.3) is 0 Å². The van der Waals surface area contributed by atoms with Gasteiger partial charge in [-0.1, -0.05) is 6.92 Å². The van der Waals surface area contributed by atoms with Gasteiger partial charge in [-0.2, -0.15) is 0 Å². The Morgan fingerprint density at radius 1 is 1.07 bits per heavy atom.